The Morgan fingerprint density at radius 2 is 1.95 bits per heavy atom. The second-order valence-corrected chi connectivity index (χ2v) is 6.61. The van der Waals surface area contributed by atoms with Gasteiger partial charge in [-0.1, -0.05) is 37.6 Å². The summed E-state index contributed by atoms with van der Waals surface area (Å²) in [5.74, 6) is 2.12. The molecule has 1 fully saturated rings. The summed E-state index contributed by atoms with van der Waals surface area (Å²) in [5, 5.41) is 10.7. The molecule has 20 heavy (non-hydrogen) atoms. The SMILES string of the molecule is C[C@@H]1C[C@@H](C)C[NH+](C[C@@H](O)COc2ccccc2Cl)C1. The van der Waals surface area contributed by atoms with Crippen LogP contribution in [0.2, 0.25) is 5.02 Å². The lowest BCUT2D eigenvalue weighted by Crippen LogP contribution is -3.15. The van der Waals surface area contributed by atoms with Crippen LogP contribution in [0.25, 0.3) is 0 Å². The lowest BCUT2D eigenvalue weighted by molar-refractivity contribution is -0.915. The van der Waals surface area contributed by atoms with Crippen molar-refractivity contribution in [1.29, 1.82) is 0 Å². The Morgan fingerprint density at radius 3 is 2.60 bits per heavy atom. The number of hydrogen-bond acceptors (Lipinski definition) is 2. The molecule has 3 atom stereocenters. The van der Waals surface area contributed by atoms with Crippen molar-refractivity contribution in [3.63, 3.8) is 0 Å². The number of halogens is 1. The fourth-order valence-corrected chi connectivity index (χ4v) is 3.42. The third-order valence-corrected chi connectivity index (χ3v) is 4.18. The highest BCUT2D eigenvalue weighted by Crippen LogP contribution is 2.23. The molecule has 1 aromatic rings. The minimum atomic E-state index is -0.446. The number of nitrogens with one attached hydrogen (secondary N) is 1. The van der Waals surface area contributed by atoms with E-state index in [1.54, 1.807) is 6.07 Å². The van der Waals surface area contributed by atoms with E-state index in [1.807, 2.05) is 18.2 Å². The largest absolute Gasteiger partial charge is 0.489 e. The number of rotatable bonds is 5. The van der Waals surface area contributed by atoms with E-state index in [2.05, 4.69) is 13.8 Å². The molecule has 4 heteroatoms. The number of benzene rings is 1. The molecule has 0 spiro atoms. The van der Waals surface area contributed by atoms with Crippen LogP contribution < -0.4 is 9.64 Å². The highest BCUT2D eigenvalue weighted by Gasteiger charge is 2.26. The van der Waals surface area contributed by atoms with Crippen molar-refractivity contribution in [2.24, 2.45) is 11.8 Å². The van der Waals surface area contributed by atoms with Gasteiger partial charge in [-0.25, -0.2) is 0 Å². The van der Waals surface area contributed by atoms with Gasteiger partial charge in [-0.15, -0.1) is 0 Å². The van der Waals surface area contributed by atoms with Crippen molar-refractivity contribution in [2.45, 2.75) is 26.4 Å². The number of piperidine rings is 1. The minimum Gasteiger partial charge on any atom is -0.489 e. The Labute approximate surface area is 126 Å². The number of hydrogen-bond donors (Lipinski definition) is 2. The Balaban J connectivity index is 1.78. The van der Waals surface area contributed by atoms with Gasteiger partial charge < -0.3 is 14.7 Å². The van der Waals surface area contributed by atoms with Crippen LogP contribution in [0.3, 0.4) is 0 Å². The first-order valence-electron chi connectivity index (χ1n) is 7.43. The Morgan fingerprint density at radius 1 is 1.30 bits per heavy atom. The number of likely N-dealkylation sites (tertiary alicyclic amines) is 1. The fraction of sp³-hybridized carbons (Fsp3) is 0.625. The summed E-state index contributed by atoms with van der Waals surface area (Å²) >= 11 is 6.03. The van der Waals surface area contributed by atoms with Gasteiger partial charge in [0.05, 0.1) is 18.1 Å². The van der Waals surface area contributed by atoms with Crippen LogP contribution in [0.1, 0.15) is 20.3 Å². The average Bonchev–Trinajstić information content (AvgIpc) is 2.36. The summed E-state index contributed by atoms with van der Waals surface area (Å²) in [6.07, 6.45) is 0.856. The van der Waals surface area contributed by atoms with Gasteiger partial charge in [0.2, 0.25) is 0 Å². The smallest absolute Gasteiger partial charge is 0.138 e. The number of ether oxygens (including phenoxy) is 1. The molecule has 1 aliphatic rings. The zero-order valence-electron chi connectivity index (χ0n) is 12.3. The van der Waals surface area contributed by atoms with E-state index < -0.39 is 6.10 Å². The van der Waals surface area contributed by atoms with E-state index in [1.165, 1.54) is 11.3 Å². The van der Waals surface area contributed by atoms with Crippen LogP contribution >= 0.6 is 11.6 Å². The van der Waals surface area contributed by atoms with Crippen molar-refractivity contribution < 1.29 is 14.7 Å². The first-order chi connectivity index (χ1) is 9.54. The molecular formula is C16H25ClNO2+. The monoisotopic (exact) mass is 298 g/mol. The van der Waals surface area contributed by atoms with Crippen molar-refractivity contribution in [3.8, 4) is 5.75 Å². The predicted octanol–water partition coefficient (Wildman–Crippen LogP) is 1.64. The quantitative estimate of drug-likeness (QED) is 0.866. The van der Waals surface area contributed by atoms with E-state index in [-0.39, 0.29) is 0 Å². The van der Waals surface area contributed by atoms with Crippen LogP contribution in [0.5, 0.6) is 5.75 Å². The molecule has 0 bridgehead atoms. The number of aliphatic hydroxyl groups is 1. The number of aliphatic hydroxyl groups excluding tert-OH is 1. The molecule has 1 heterocycles. The molecule has 112 valence electrons. The van der Waals surface area contributed by atoms with E-state index in [9.17, 15) is 5.11 Å². The lowest BCUT2D eigenvalue weighted by Gasteiger charge is -2.33. The number of quaternary nitrogens is 1. The van der Waals surface area contributed by atoms with Crippen LogP contribution in [0, 0.1) is 11.8 Å². The van der Waals surface area contributed by atoms with Crippen molar-refractivity contribution >= 4 is 11.6 Å². The molecule has 0 amide bonds. The van der Waals surface area contributed by atoms with E-state index in [0.717, 1.165) is 31.5 Å². The molecule has 0 aromatic heterocycles. The molecule has 0 unspecified atom stereocenters. The summed E-state index contributed by atoms with van der Waals surface area (Å²) < 4.78 is 5.60. The van der Waals surface area contributed by atoms with Crippen molar-refractivity contribution in [3.05, 3.63) is 29.3 Å². The van der Waals surface area contributed by atoms with Gasteiger partial charge in [0, 0.05) is 11.8 Å². The maximum atomic E-state index is 10.1. The topological polar surface area (TPSA) is 33.9 Å². The van der Waals surface area contributed by atoms with Gasteiger partial charge in [-0.05, 0) is 18.6 Å². The number of para-hydroxylation sites is 1. The first kappa shape index (κ1) is 15.6. The lowest BCUT2D eigenvalue weighted by atomic mass is 9.92. The first-order valence-corrected chi connectivity index (χ1v) is 7.81. The van der Waals surface area contributed by atoms with Crippen molar-refractivity contribution in [1.82, 2.24) is 0 Å². The normalized spacial score (nSPS) is 28.1. The Hall–Kier alpha value is -0.770. The minimum absolute atomic E-state index is 0.302. The summed E-state index contributed by atoms with van der Waals surface area (Å²) in [4.78, 5) is 1.48. The maximum absolute atomic E-state index is 10.1. The van der Waals surface area contributed by atoms with Gasteiger partial charge in [0.15, 0.2) is 0 Å². The van der Waals surface area contributed by atoms with Crippen LogP contribution in [-0.2, 0) is 0 Å². The average molecular weight is 299 g/mol. The summed E-state index contributed by atoms with van der Waals surface area (Å²) in [5.41, 5.74) is 0. The third kappa shape index (κ3) is 4.65. The summed E-state index contributed by atoms with van der Waals surface area (Å²) in [6, 6.07) is 7.37. The zero-order chi connectivity index (χ0) is 14.5. The van der Waals surface area contributed by atoms with Crippen LogP contribution in [0.15, 0.2) is 24.3 Å². The van der Waals surface area contributed by atoms with E-state index >= 15 is 0 Å². The third-order valence-electron chi connectivity index (χ3n) is 3.87. The van der Waals surface area contributed by atoms with Gasteiger partial charge >= 0.3 is 0 Å². The van der Waals surface area contributed by atoms with E-state index in [0.29, 0.717) is 17.4 Å². The zero-order valence-corrected chi connectivity index (χ0v) is 13.1. The molecule has 1 aliphatic heterocycles. The second kappa shape index (κ2) is 7.30. The second-order valence-electron chi connectivity index (χ2n) is 6.20. The molecule has 0 saturated carbocycles. The van der Waals surface area contributed by atoms with Crippen LogP contribution in [0.4, 0.5) is 0 Å². The predicted molar refractivity (Wildman–Crippen MR) is 81.5 cm³/mol. The van der Waals surface area contributed by atoms with Crippen LogP contribution in [-0.4, -0.2) is 37.5 Å². The summed E-state index contributed by atoms with van der Waals surface area (Å²) in [7, 11) is 0. The highest BCUT2D eigenvalue weighted by molar-refractivity contribution is 6.32. The van der Waals surface area contributed by atoms with Gasteiger partial charge in [-0.2, -0.15) is 0 Å². The van der Waals surface area contributed by atoms with Crippen molar-refractivity contribution in [2.75, 3.05) is 26.2 Å². The molecule has 2 rings (SSSR count). The van der Waals surface area contributed by atoms with Gasteiger partial charge in [0.25, 0.3) is 0 Å². The molecule has 0 radical (unpaired) electrons. The molecule has 3 nitrogen and oxygen atoms in total. The Kier molecular flexibility index (Phi) is 5.70. The molecular weight excluding hydrogens is 274 g/mol. The molecule has 1 saturated heterocycles. The van der Waals surface area contributed by atoms with Gasteiger partial charge in [0.1, 0.15) is 25.0 Å². The Bertz CT molecular complexity index is 417. The standard InChI is InChI=1S/C16H24ClNO2/c1-12-7-13(2)9-18(8-12)10-14(19)11-20-16-6-4-3-5-15(16)17/h3-6,12-14,19H,7-11H2,1-2H3/p+1/t12-,13-,14-/m1/s1. The van der Waals surface area contributed by atoms with Gasteiger partial charge in [-0.3, -0.25) is 0 Å². The molecule has 2 N–H and O–H groups in total. The molecule has 0 aliphatic carbocycles. The highest BCUT2D eigenvalue weighted by atomic mass is 35.5. The van der Waals surface area contributed by atoms with E-state index in [4.69, 9.17) is 16.3 Å². The molecule has 1 aromatic carbocycles. The fourth-order valence-electron chi connectivity index (χ4n) is 3.23. The maximum Gasteiger partial charge on any atom is 0.138 e. The summed E-state index contributed by atoms with van der Waals surface area (Å²) in [6.45, 7) is 7.93.